The van der Waals surface area contributed by atoms with Crippen molar-refractivity contribution in [3.63, 3.8) is 0 Å². The average molecular weight is 430 g/mol. The van der Waals surface area contributed by atoms with Crippen LogP contribution in [0.3, 0.4) is 0 Å². The van der Waals surface area contributed by atoms with Crippen LogP contribution >= 0.6 is 0 Å². The Balaban J connectivity index is 1.64. The molecule has 0 saturated carbocycles. The lowest BCUT2D eigenvalue weighted by atomic mass is 10.3. The van der Waals surface area contributed by atoms with Crippen LogP contribution in [0, 0.1) is 13.8 Å². The Kier molecular flexibility index (Phi) is 6.03. The molecule has 0 bridgehead atoms. The van der Waals surface area contributed by atoms with Crippen molar-refractivity contribution < 1.29 is 22.0 Å². The Morgan fingerprint density at radius 1 is 1.17 bits per heavy atom. The monoisotopic (exact) mass is 430 g/mol. The van der Waals surface area contributed by atoms with Crippen molar-refractivity contribution in [3.8, 4) is 0 Å². The summed E-state index contributed by atoms with van der Waals surface area (Å²) in [5, 5.41) is 7.95. The summed E-state index contributed by atoms with van der Waals surface area (Å²) in [6, 6.07) is 1.25. The first kappa shape index (κ1) is 21.4. The van der Waals surface area contributed by atoms with Crippen molar-refractivity contribution in [1.82, 2.24) is 28.8 Å². The second kappa shape index (κ2) is 8.19. The third-order valence-electron chi connectivity index (χ3n) is 4.94. The molecular weight excluding hydrogens is 406 g/mol. The molecule has 29 heavy (non-hydrogen) atoms. The molecule has 9 nitrogen and oxygen atoms in total. The lowest BCUT2D eigenvalue weighted by Crippen LogP contribution is -2.51. The van der Waals surface area contributed by atoms with Gasteiger partial charge in [-0.05, 0) is 26.8 Å². The van der Waals surface area contributed by atoms with Crippen LogP contribution in [0.25, 0.3) is 0 Å². The number of hydrogen-bond acceptors (Lipinski definition) is 5. The second-order valence-corrected chi connectivity index (χ2v) is 8.79. The van der Waals surface area contributed by atoms with Crippen LogP contribution in [-0.4, -0.2) is 69.3 Å². The number of alkyl halides is 2. The van der Waals surface area contributed by atoms with E-state index in [2.05, 4.69) is 10.2 Å². The van der Waals surface area contributed by atoms with Gasteiger partial charge in [-0.3, -0.25) is 14.2 Å². The fourth-order valence-corrected chi connectivity index (χ4v) is 4.85. The van der Waals surface area contributed by atoms with Gasteiger partial charge < -0.3 is 4.90 Å². The molecule has 0 spiro atoms. The van der Waals surface area contributed by atoms with E-state index < -0.39 is 16.4 Å². The van der Waals surface area contributed by atoms with Gasteiger partial charge in [0, 0.05) is 44.6 Å². The number of aromatic nitrogens is 4. The highest BCUT2D eigenvalue weighted by atomic mass is 32.2. The van der Waals surface area contributed by atoms with E-state index in [-0.39, 0.29) is 49.2 Å². The van der Waals surface area contributed by atoms with E-state index in [1.165, 1.54) is 26.2 Å². The van der Waals surface area contributed by atoms with Crippen LogP contribution in [0.15, 0.2) is 17.2 Å². The smallest absolute Gasteiger partial charge is 0.282 e. The van der Waals surface area contributed by atoms with Crippen molar-refractivity contribution in [2.24, 2.45) is 0 Å². The fourth-order valence-electron chi connectivity index (χ4n) is 3.26. The van der Waals surface area contributed by atoms with Gasteiger partial charge in [-0.1, -0.05) is 0 Å². The summed E-state index contributed by atoms with van der Waals surface area (Å²) in [6.07, 6.45) is -1.18. The summed E-state index contributed by atoms with van der Waals surface area (Å²) in [6.45, 7) is 6.30. The highest BCUT2D eigenvalue weighted by Gasteiger charge is 2.32. The molecule has 3 heterocycles. The van der Waals surface area contributed by atoms with Crippen molar-refractivity contribution in [3.05, 3.63) is 29.3 Å². The Bertz CT molecular complexity index is 993. The van der Waals surface area contributed by atoms with Crippen molar-refractivity contribution in [1.29, 1.82) is 0 Å². The maximum Gasteiger partial charge on any atom is 0.282 e. The summed E-state index contributed by atoms with van der Waals surface area (Å²) >= 11 is 0. The highest BCUT2D eigenvalue weighted by molar-refractivity contribution is 7.89. The van der Waals surface area contributed by atoms with Crippen molar-refractivity contribution in [2.75, 3.05) is 26.2 Å². The van der Waals surface area contributed by atoms with Gasteiger partial charge in [0.1, 0.15) is 17.1 Å². The number of piperazine rings is 1. The van der Waals surface area contributed by atoms with Crippen LogP contribution in [-0.2, 0) is 27.9 Å². The molecule has 2 aromatic rings. The number of carbonyl (C=O) groups excluding carboxylic acids is 1. The zero-order chi connectivity index (χ0) is 21.3. The Morgan fingerprint density at radius 3 is 2.34 bits per heavy atom. The molecular formula is C17H24F2N6O3S. The summed E-state index contributed by atoms with van der Waals surface area (Å²) in [5.41, 5.74) is 0.543. The van der Waals surface area contributed by atoms with E-state index in [0.29, 0.717) is 17.9 Å². The molecule has 3 rings (SSSR count). The number of sulfonamides is 1. The molecule has 0 atom stereocenters. The van der Waals surface area contributed by atoms with E-state index >= 15 is 0 Å². The maximum atomic E-state index is 12.9. The van der Waals surface area contributed by atoms with E-state index in [1.807, 2.05) is 6.92 Å². The van der Waals surface area contributed by atoms with Crippen LogP contribution in [0.4, 0.5) is 8.78 Å². The summed E-state index contributed by atoms with van der Waals surface area (Å²) in [4.78, 5) is 14.2. The van der Waals surface area contributed by atoms with Gasteiger partial charge in [0.2, 0.25) is 15.9 Å². The minimum Gasteiger partial charge on any atom is -0.338 e. The molecule has 0 aromatic carbocycles. The second-order valence-electron chi connectivity index (χ2n) is 6.89. The van der Waals surface area contributed by atoms with Gasteiger partial charge in [0.25, 0.3) is 6.43 Å². The Labute approximate surface area is 167 Å². The van der Waals surface area contributed by atoms with Crippen LogP contribution in [0.1, 0.15) is 30.4 Å². The molecule has 12 heteroatoms. The van der Waals surface area contributed by atoms with Crippen molar-refractivity contribution in [2.45, 2.75) is 45.2 Å². The van der Waals surface area contributed by atoms with E-state index in [4.69, 9.17) is 0 Å². The minimum atomic E-state index is -3.69. The SMILES string of the molecule is CCn1cc(S(=O)(=O)N2CCN(C(=O)Cn3nc(C(F)F)cc3C)CC2)c(C)n1. The third kappa shape index (κ3) is 4.32. The predicted octanol–water partition coefficient (Wildman–Crippen LogP) is 1.19. The van der Waals surface area contributed by atoms with Gasteiger partial charge in [0.05, 0.1) is 5.69 Å². The number of rotatable bonds is 6. The van der Waals surface area contributed by atoms with E-state index in [1.54, 1.807) is 18.5 Å². The summed E-state index contributed by atoms with van der Waals surface area (Å²) in [5.74, 6) is -0.288. The zero-order valence-electron chi connectivity index (χ0n) is 16.5. The molecule has 0 N–H and O–H groups in total. The van der Waals surface area contributed by atoms with Crippen LogP contribution in [0.2, 0.25) is 0 Å². The largest absolute Gasteiger partial charge is 0.338 e. The number of hydrogen-bond donors (Lipinski definition) is 0. The standard InChI is InChI=1S/C17H24F2N6O3S/c1-4-23-10-15(13(3)20-23)29(27,28)24-7-5-22(6-8-24)16(26)11-25-12(2)9-14(21-25)17(18)19/h9-10,17H,4-8,11H2,1-3H3. The van der Waals surface area contributed by atoms with Gasteiger partial charge in [-0.25, -0.2) is 17.2 Å². The zero-order valence-corrected chi connectivity index (χ0v) is 17.4. The normalized spacial score (nSPS) is 16.0. The molecule has 1 amide bonds. The van der Waals surface area contributed by atoms with Crippen LogP contribution < -0.4 is 0 Å². The number of amides is 1. The van der Waals surface area contributed by atoms with Crippen LogP contribution in [0.5, 0.6) is 0 Å². The van der Waals surface area contributed by atoms with Crippen molar-refractivity contribution >= 4 is 15.9 Å². The quantitative estimate of drug-likeness (QED) is 0.686. The molecule has 0 aliphatic carbocycles. The Hall–Kier alpha value is -2.34. The molecule has 160 valence electrons. The van der Waals surface area contributed by atoms with Gasteiger partial charge in [-0.15, -0.1) is 0 Å². The van der Waals surface area contributed by atoms with E-state index in [9.17, 15) is 22.0 Å². The topological polar surface area (TPSA) is 93.3 Å². The van der Waals surface area contributed by atoms with E-state index in [0.717, 1.165) is 0 Å². The first-order valence-electron chi connectivity index (χ1n) is 9.28. The van der Waals surface area contributed by atoms with Gasteiger partial charge in [0.15, 0.2) is 0 Å². The maximum absolute atomic E-state index is 12.9. The third-order valence-corrected chi connectivity index (χ3v) is 6.94. The molecule has 0 radical (unpaired) electrons. The molecule has 1 fully saturated rings. The van der Waals surface area contributed by atoms with Gasteiger partial charge >= 0.3 is 0 Å². The lowest BCUT2D eigenvalue weighted by Gasteiger charge is -2.34. The minimum absolute atomic E-state index is 0.158. The number of nitrogens with zero attached hydrogens (tertiary/aromatic N) is 6. The molecule has 0 unspecified atom stereocenters. The average Bonchev–Trinajstić information content (AvgIpc) is 3.25. The summed E-state index contributed by atoms with van der Waals surface area (Å²) in [7, 11) is -3.69. The highest BCUT2D eigenvalue weighted by Crippen LogP contribution is 2.21. The molecule has 1 saturated heterocycles. The number of carbonyl (C=O) groups is 1. The first-order valence-corrected chi connectivity index (χ1v) is 10.7. The summed E-state index contributed by atoms with van der Waals surface area (Å²) < 4.78 is 55.5. The molecule has 2 aromatic heterocycles. The first-order chi connectivity index (χ1) is 13.6. The van der Waals surface area contributed by atoms with Gasteiger partial charge in [-0.2, -0.15) is 14.5 Å². The molecule has 1 aliphatic rings. The predicted molar refractivity (Wildman–Crippen MR) is 99.9 cm³/mol. The fraction of sp³-hybridized carbons (Fsp3) is 0.588. The number of aryl methyl sites for hydroxylation is 3. The Morgan fingerprint density at radius 2 is 1.83 bits per heavy atom. The lowest BCUT2D eigenvalue weighted by molar-refractivity contribution is -0.133. The number of halogens is 2. The molecule has 1 aliphatic heterocycles.